The molecule has 3 rings (SSSR count). The molecular formula is C16H20N4OS. The fraction of sp³-hybridized carbons (Fsp3) is 0.375. The molecule has 1 aliphatic rings. The zero-order chi connectivity index (χ0) is 15.4. The van der Waals surface area contributed by atoms with Crippen LogP contribution in [0.1, 0.15) is 11.5 Å². The third-order valence-corrected chi connectivity index (χ3v) is 4.62. The van der Waals surface area contributed by atoms with E-state index in [0.29, 0.717) is 6.54 Å². The molecule has 1 saturated heterocycles. The minimum atomic E-state index is -0.0476. The Morgan fingerprint density at radius 1 is 1.45 bits per heavy atom. The Hall–Kier alpha value is -1.79. The molecular weight excluding hydrogens is 296 g/mol. The highest BCUT2D eigenvalue weighted by Gasteiger charge is 2.21. The smallest absolute Gasteiger partial charge is 0.238 e. The Balaban J connectivity index is 1.56. The van der Waals surface area contributed by atoms with E-state index in [4.69, 9.17) is 0 Å². The van der Waals surface area contributed by atoms with Crippen molar-refractivity contribution in [3.05, 3.63) is 48.0 Å². The van der Waals surface area contributed by atoms with Gasteiger partial charge in [-0.3, -0.25) is 10.1 Å². The summed E-state index contributed by atoms with van der Waals surface area (Å²) in [5.74, 6) is 2.76. The largest absolute Gasteiger partial charge is 0.354 e. The molecule has 0 spiro atoms. The SMILES string of the molecule is Cc1nc(CCNC(=O)C2CSCN2)cn1-c1ccccc1. The minimum absolute atomic E-state index is 0.0476. The fourth-order valence-corrected chi connectivity index (χ4v) is 3.45. The number of aromatic nitrogens is 2. The fourth-order valence-electron chi connectivity index (χ4n) is 2.50. The van der Waals surface area contributed by atoms with Crippen LogP contribution in [0.15, 0.2) is 36.5 Å². The highest BCUT2D eigenvalue weighted by molar-refractivity contribution is 7.99. The molecule has 1 unspecified atom stereocenters. The third-order valence-electron chi connectivity index (χ3n) is 3.68. The van der Waals surface area contributed by atoms with E-state index in [1.807, 2.05) is 31.3 Å². The molecule has 116 valence electrons. The Labute approximate surface area is 134 Å². The second-order valence-electron chi connectivity index (χ2n) is 5.30. The summed E-state index contributed by atoms with van der Waals surface area (Å²) in [4.78, 5) is 16.5. The molecule has 1 amide bonds. The second kappa shape index (κ2) is 6.98. The van der Waals surface area contributed by atoms with Crippen molar-refractivity contribution in [3.63, 3.8) is 0 Å². The summed E-state index contributed by atoms with van der Waals surface area (Å²) < 4.78 is 2.08. The van der Waals surface area contributed by atoms with Gasteiger partial charge < -0.3 is 9.88 Å². The van der Waals surface area contributed by atoms with Crippen LogP contribution in [0, 0.1) is 6.92 Å². The van der Waals surface area contributed by atoms with Gasteiger partial charge in [-0.15, -0.1) is 11.8 Å². The molecule has 0 bridgehead atoms. The van der Waals surface area contributed by atoms with Crippen LogP contribution < -0.4 is 10.6 Å². The van der Waals surface area contributed by atoms with Gasteiger partial charge in [-0.1, -0.05) is 18.2 Å². The first-order chi connectivity index (χ1) is 10.7. The highest BCUT2D eigenvalue weighted by Crippen LogP contribution is 2.12. The van der Waals surface area contributed by atoms with E-state index >= 15 is 0 Å². The van der Waals surface area contributed by atoms with Gasteiger partial charge in [0.15, 0.2) is 0 Å². The maximum absolute atomic E-state index is 11.9. The number of hydrogen-bond donors (Lipinski definition) is 2. The lowest BCUT2D eigenvalue weighted by Crippen LogP contribution is -2.42. The van der Waals surface area contributed by atoms with Gasteiger partial charge >= 0.3 is 0 Å². The Morgan fingerprint density at radius 3 is 3.00 bits per heavy atom. The molecule has 1 fully saturated rings. The predicted octanol–water partition coefficient (Wildman–Crippen LogP) is 1.50. The van der Waals surface area contributed by atoms with Crippen LogP contribution in [0.25, 0.3) is 5.69 Å². The molecule has 2 N–H and O–H groups in total. The van der Waals surface area contributed by atoms with Gasteiger partial charge in [0, 0.05) is 36.5 Å². The summed E-state index contributed by atoms with van der Waals surface area (Å²) in [5.41, 5.74) is 2.10. The number of rotatable bonds is 5. The maximum atomic E-state index is 11.9. The molecule has 2 heterocycles. The topological polar surface area (TPSA) is 59.0 Å². The molecule has 6 heteroatoms. The van der Waals surface area contributed by atoms with Gasteiger partial charge in [-0.05, 0) is 19.1 Å². The standard InChI is InChI=1S/C16H20N4OS/c1-12-19-13(9-20(12)14-5-3-2-4-6-14)7-8-17-16(21)15-10-22-11-18-15/h2-6,9,15,18H,7-8,10-11H2,1H3,(H,17,21). The number of carbonyl (C=O) groups is 1. The first-order valence-corrected chi connectivity index (χ1v) is 8.58. The highest BCUT2D eigenvalue weighted by atomic mass is 32.2. The second-order valence-corrected chi connectivity index (χ2v) is 6.33. The van der Waals surface area contributed by atoms with Crippen LogP contribution in [0.4, 0.5) is 0 Å². The summed E-state index contributed by atoms with van der Waals surface area (Å²) in [6, 6.07) is 10.1. The Kier molecular flexibility index (Phi) is 4.80. The lowest BCUT2D eigenvalue weighted by molar-refractivity contribution is -0.122. The number of nitrogens with one attached hydrogen (secondary N) is 2. The van der Waals surface area contributed by atoms with E-state index in [1.165, 1.54) is 0 Å². The summed E-state index contributed by atoms with van der Waals surface area (Å²) in [5, 5.41) is 6.15. The zero-order valence-electron chi connectivity index (χ0n) is 12.6. The third kappa shape index (κ3) is 3.51. The summed E-state index contributed by atoms with van der Waals surface area (Å²) in [6.45, 7) is 2.61. The van der Waals surface area contributed by atoms with Crippen molar-refractivity contribution in [2.45, 2.75) is 19.4 Å². The number of imidazole rings is 1. The van der Waals surface area contributed by atoms with Crippen molar-refractivity contribution in [1.29, 1.82) is 0 Å². The van der Waals surface area contributed by atoms with Crippen molar-refractivity contribution in [1.82, 2.24) is 20.2 Å². The lowest BCUT2D eigenvalue weighted by Gasteiger charge is -2.09. The van der Waals surface area contributed by atoms with E-state index in [0.717, 1.165) is 35.3 Å². The molecule has 1 aromatic heterocycles. The number of carbonyl (C=O) groups excluding carboxylic acids is 1. The number of thioether (sulfide) groups is 1. The van der Waals surface area contributed by atoms with Gasteiger partial charge in [-0.25, -0.2) is 4.98 Å². The molecule has 22 heavy (non-hydrogen) atoms. The first kappa shape index (κ1) is 15.1. The minimum Gasteiger partial charge on any atom is -0.354 e. The number of para-hydroxylation sites is 1. The van der Waals surface area contributed by atoms with Crippen LogP contribution in [0.3, 0.4) is 0 Å². The lowest BCUT2D eigenvalue weighted by atomic mass is 10.3. The average Bonchev–Trinajstić information content (AvgIpc) is 3.18. The van der Waals surface area contributed by atoms with Crippen LogP contribution >= 0.6 is 11.8 Å². The molecule has 1 aliphatic heterocycles. The molecule has 1 atom stereocenters. The molecule has 0 aliphatic carbocycles. The molecule has 1 aromatic carbocycles. The van der Waals surface area contributed by atoms with Crippen molar-refractivity contribution < 1.29 is 4.79 Å². The summed E-state index contributed by atoms with van der Waals surface area (Å²) >= 11 is 1.76. The number of nitrogens with zero attached hydrogens (tertiary/aromatic N) is 2. The van der Waals surface area contributed by atoms with E-state index in [9.17, 15) is 4.79 Å². The van der Waals surface area contributed by atoms with Gasteiger partial charge in [0.1, 0.15) is 5.82 Å². The van der Waals surface area contributed by atoms with Gasteiger partial charge in [-0.2, -0.15) is 0 Å². The van der Waals surface area contributed by atoms with Gasteiger partial charge in [0.05, 0.1) is 11.7 Å². The van der Waals surface area contributed by atoms with E-state index in [1.54, 1.807) is 11.8 Å². The Bertz CT molecular complexity index is 635. The van der Waals surface area contributed by atoms with Crippen LogP contribution in [0.2, 0.25) is 0 Å². The monoisotopic (exact) mass is 316 g/mol. The average molecular weight is 316 g/mol. The van der Waals surface area contributed by atoms with E-state index in [2.05, 4.69) is 32.3 Å². The predicted molar refractivity (Wildman–Crippen MR) is 89.3 cm³/mol. The number of amides is 1. The van der Waals surface area contributed by atoms with E-state index < -0.39 is 0 Å². The van der Waals surface area contributed by atoms with E-state index in [-0.39, 0.29) is 11.9 Å². The number of benzene rings is 1. The molecule has 5 nitrogen and oxygen atoms in total. The molecule has 2 aromatic rings. The van der Waals surface area contributed by atoms with Crippen molar-refractivity contribution >= 4 is 17.7 Å². The number of aryl methyl sites for hydroxylation is 1. The Morgan fingerprint density at radius 2 is 2.27 bits per heavy atom. The van der Waals surface area contributed by atoms with Crippen LogP contribution in [-0.4, -0.2) is 39.7 Å². The van der Waals surface area contributed by atoms with Gasteiger partial charge in [0.25, 0.3) is 0 Å². The molecule has 0 saturated carbocycles. The normalized spacial score (nSPS) is 17.6. The molecule has 0 radical (unpaired) electrons. The summed E-state index contributed by atoms with van der Waals surface area (Å²) in [6.07, 6.45) is 2.78. The quantitative estimate of drug-likeness (QED) is 0.878. The maximum Gasteiger partial charge on any atom is 0.238 e. The van der Waals surface area contributed by atoms with Crippen LogP contribution in [-0.2, 0) is 11.2 Å². The number of hydrogen-bond acceptors (Lipinski definition) is 4. The van der Waals surface area contributed by atoms with Crippen LogP contribution in [0.5, 0.6) is 0 Å². The van der Waals surface area contributed by atoms with Gasteiger partial charge in [0.2, 0.25) is 5.91 Å². The summed E-state index contributed by atoms with van der Waals surface area (Å²) in [7, 11) is 0. The van der Waals surface area contributed by atoms with Crippen molar-refractivity contribution in [2.24, 2.45) is 0 Å². The van der Waals surface area contributed by atoms with Crippen molar-refractivity contribution in [3.8, 4) is 5.69 Å². The van der Waals surface area contributed by atoms with Crippen molar-refractivity contribution in [2.75, 3.05) is 18.2 Å². The first-order valence-electron chi connectivity index (χ1n) is 7.43. The zero-order valence-corrected chi connectivity index (χ0v) is 13.4.